The molecule has 2 N–H and O–H groups in total. The quantitative estimate of drug-likeness (QED) is 0.854. The molecule has 0 spiro atoms. The van der Waals surface area contributed by atoms with Crippen LogP contribution in [-0.4, -0.2) is 25.3 Å². The second-order valence-electron chi connectivity index (χ2n) is 5.22. The molecule has 1 rings (SSSR count). The smallest absolute Gasteiger partial charge is 0.243 e. The molecule has 102 valence electrons. The molecule has 0 aromatic heterocycles. The number of benzene rings is 1. The molecule has 0 fully saturated rings. The summed E-state index contributed by atoms with van der Waals surface area (Å²) in [5.74, 6) is 0. The SMILES string of the molecule is CCC(C)(C)N(C)S(=O)(=O)c1cc(C)cc(N)c1. The first-order valence-corrected chi connectivity index (χ1v) is 7.41. The van der Waals surface area contributed by atoms with Gasteiger partial charge in [-0.05, 0) is 51.0 Å². The fourth-order valence-corrected chi connectivity index (χ4v) is 3.35. The maximum atomic E-state index is 12.5. The summed E-state index contributed by atoms with van der Waals surface area (Å²) in [7, 11) is -1.89. The van der Waals surface area contributed by atoms with E-state index < -0.39 is 15.6 Å². The molecule has 0 unspecified atom stereocenters. The van der Waals surface area contributed by atoms with Gasteiger partial charge in [0, 0.05) is 18.3 Å². The van der Waals surface area contributed by atoms with Gasteiger partial charge in [0.15, 0.2) is 0 Å². The monoisotopic (exact) mass is 270 g/mol. The Kier molecular flexibility index (Phi) is 4.08. The van der Waals surface area contributed by atoms with Gasteiger partial charge in [-0.25, -0.2) is 8.42 Å². The van der Waals surface area contributed by atoms with Crippen LogP contribution >= 0.6 is 0 Å². The molecule has 0 bridgehead atoms. The zero-order chi connectivity index (χ0) is 14.1. The number of nitrogens with zero attached hydrogens (tertiary/aromatic N) is 1. The third kappa shape index (κ3) is 2.84. The van der Waals surface area contributed by atoms with Crippen molar-refractivity contribution in [2.24, 2.45) is 0 Å². The van der Waals surface area contributed by atoms with E-state index in [1.807, 2.05) is 27.7 Å². The van der Waals surface area contributed by atoms with Crippen LogP contribution in [0.3, 0.4) is 0 Å². The van der Waals surface area contributed by atoms with Gasteiger partial charge >= 0.3 is 0 Å². The fraction of sp³-hybridized carbons (Fsp3) is 0.538. The van der Waals surface area contributed by atoms with Crippen molar-refractivity contribution in [3.63, 3.8) is 0 Å². The highest BCUT2D eigenvalue weighted by atomic mass is 32.2. The Hall–Kier alpha value is -1.07. The lowest BCUT2D eigenvalue weighted by molar-refractivity contribution is 0.257. The molecule has 18 heavy (non-hydrogen) atoms. The lowest BCUT2D eigenvalue weighted by atomic mass is 10.0. The van der Waals surface area contributed by atoms with Crippen LogP contribution in [0.15, 0.2) is 23.1 Å². The molecule has 5 heteroatoms. The molecule has 0 aliphatic rings. The maximum Gasteiger partial charge on any atom is 0.243 e. The Labute approximate surface area is 110 Å². The zero-order valence-corrected chi connectivity index (χ0v) is 12.5. The van der Waals surface area contributed by atoms with E-state index in [9.17, 15) is 8.42 Å². The van der Waals surface area contributed by atoms with Crippen molar-refractivity contribution in [1.29, 1.82) is 0 Å². The predicted molar refractivity (Wildman–Crippen MR) is 74.9 cm³/mol. The van der Waals surface area contributed by atoms with E-state index in [4.69, 9.17) is 5.73 Å². The molecule has 0 amide bonds. The van der Waals surface area contributed by atoms with E-state index in [0.717, 1.165) is 12.0 Å². The van der Waals surface area contributed by atoms with Gasteiger partial charge in [0.1, 0.15) is 0 Å². The highest BCUT2D eigenvalue weighted by molar-refractivity contribution is 7.89. The van der Waals surface area contributed by atoms with E-state index in [-0.39, 0.29) is 4.90 Å². The number of nitrogens with two attached hydrogens (primary N) is 1. The maximum absolute atomic E-state index is 12.5. The average molecular weight is 270 g/mol. The number of sulfonamides is 1. The van der Waals surface area contributed by atoms with E-state index in [1.165, 1.54) is 10.4 Å². The van der Waals surface area contributed by atoms with Crippen LogP contribution in [0.2, 0.25) is 0 Å². The highest BCUT2D eigenvalue weighted by Crippen LogP contribution is 2.26. The minimum absolute atomic E-state index is 0.254. The molecule has 4 nitrogen and oxygen atoms in total. The molecule has 0 aliphatic heterocycles. The Bertz CT molecular complexity index is 516. The molecular formula is C13H22N2O2S. The average Bonchev–Trinajstić information content (AvgIpc) is 2.26. The van der Waals surface area contributed by atoms with Crippen LogP contribution in [0, 0.1) is 6.92 Å². The number of aryl methyl sites for hydroxylation is 1. The van der Waals surface area contributed by atoms with Gasteiger partial charge in [-0.2, -0.15) is 4.31 Å². The summed E-state index contributed by atoms with van der Waals surface area (Å²) in [4.78, 5) is 0.254. The minimum Gasteiger partial charge on any atom is -0.399 e. The summed E-state index contributed by atoms with van der Waals surface area (Å²) in [5.41, 5.74) is 6.61. The number of nitrogen functional groups attached to an aromatic ring is 1. The van der Waals surface area contributed by atoms with Crippen molar-refractivity contribution in [3.8, 4) is 0 Å². The van der Waals surface area contributed by atoms with Gasteiger partial charge in [-0.1, -0.05) is 6.92 Å². The second kappa shape index (κ2) is 4.90. The number of hydrogen-bond donors (Lipinski definition) is 1. The molecule has 1 aromatic carbocycles. The lowest BCUT2D eigenvalue weighted by Gasteiger charge is -2.33. The first kappa shape index (κ1) is 15.0. The molecule has 0 atom stereocenters. The topological polar surface area (TPSA) is 63.4 Å². The molecule has 0 saturated heterocycles. The minimum atomic E-state index is -3.50. The summed E-state index contributed by atoms with van der Waals surface area (Å²) in [6.45, 7) is 7.62. The predicted octanol–water partition coefficient (Wildman–Crippen LogP) is 2.39. The number of rotatable bonds is 4. The van der Waals surface area contributed by atoms with Gasteiger partial charge < -0.3 is 5.73 Å². The molecule has 0 saturated carbocycles. The molecule has 0 heterocycles. The first-order valence-electron chi connectivity index (χ1n) is 5.97. The zero-order valence-electron chi connectivity index (χ0n) is 11.7. The Morgan fingerprint density at radius 2 is 1.83 bits per heavy atom. The van der Waals surface area contributed by atoms with Crippen LogP contribution in [0.5, 0.6) is 0 Å². The van der Waals surface area contributed by atoms with Crippen LogP contribution in [0.25, 0.3) is 0 Å². The number of hydrogen-bond acceptors (Lipinski definition) is 3. The van der Waals surface area contributed by atoms with Crippen molar-refractivity contribution < 1.29 is 8.42 Å². The summed E-state index contributed by atoms with van der Waals surface area (Å²) >= 11 is 0. The second-order valence-corrected chi connectivity index (χ2v) is 7.19. The third-order valence-corrected chi connectivity index (χ3v) is 5.50. The summed E-state index contributed by atoms with van der Waals surface area (Å²) < 4.78 is 26.4. The van der Waals surface area contributed by atoms with Gasteiger partial charge in [-0.15, -0.1) is 0 Å². The normalized spacial score (nSPS) is 13.0. The van der Waals surface area contributed by atoms with Crippen molar-refractivity contribution in [2.75, 3.05) is 12.8 Å². The van der Waals surface area contributed by atoms with Gasteiger partial charge in [0.25, 0.3) is 0 Å². The van der Waals surface area contributed by atoms with Crippen molar-refractivity contribution in [2.45, 2.75) is 44.6 Å². The summed E-state index contributed by atoms with van der Waals surface area (Å²) in [6.07, 6.45) is 0.740. The van der Waals surface area contributed by atoms with Gasteiger partial charge in [0.05, 0.1) is 4.90 Å². The van der Waals surface area contributed by atoms with Crippen molar-refractivity contribution >= 4 is 15.7 Å². The van der Waals surface area contributed by atoms with Crippen molar-refractivity contribution in [3.05, 3.63) is 23.8 Å². The van der Waals surface area contributed by atoms with Crippen LogP contribution in [-0.2, 0) is 10.0 Å². The molecule has 0 aliphatic carbocycles. The molecule has 1 aromatic rings. The van der Waals surface area contributed by atoms with Crippen molar-refractivity contribution in [1.82, 2.24) is 4.31 Å². The van der Waals surface area contributed by atoms with E-state index in [1.54, 1.807) is 19.2 Å². The first-order chi connectivity index (χ1) is 8.11. The van der Waals surface area contributed by atoms with E-state index >= 15 is 0 Å². The van der Waals surface area contributed by atoms with Gasteiger partial charge in [0.2, 0.25) is 10.0 Å². The third-order valence-electron chi connectivity index (χ3n) is 3.45. The largest absolute Gasteiger partial charge is 0.399 e. The summed E-state index contributed by atoms with van der Waals surface area (Å²) in [6, 6.07) is 4.91. The summed E-state index contributed by atoms with van der Waals surface area (Å²) in [5, 5.41) is 0. The Morgan fingerprint density at radius 1 is 1.28 bits per heavy atom. The van der Waals surface area contributed by atoms with E-state index in [2.05, 4.69) is 0 Å². The standard InChI is InChI=1S/C13H22N2O2S/c1-6-13(3,4)15(5)18(16,17)12-8-10(2)7-11(14)9-12/h7-9H,6,14H2,1-5H3. The molecule has 0 radical (unpaired) electrons. The molecular weight excluding hydrogens is 248 g/mol. The Morgan fingerprint density at radius 3 is 2.28 bits per heavy atom. The Balaban J connectivity index is 3.30. The van der Waals surface area contributed by atoms with Crippen LogP contribution in [0.4, 0.5) is 5.69 Å². The van der Waals surface area contributed by atoms with Gasteiger partial charge in [-0.3, -0.25) is 0 Å². The van der Waals surface area contributed by atoms with Crippen LogP contribution < -0.4 is 5.73 Å². The fourth-order valence-electron chi connectivity index (χ4n) is 1.63. The van der Waals surface area contributed by atoms with E-state index in [0.29, 0.717) is 5.69 Å². The highest BCUT2D eigenvalue weighted by Gasteiger charge is 2.32. The lowest BCUT2D eigenvalue weighted by Crippen LogP contribution is -2.44. The van der Waals surface area contributed by atoms with Crippen LogP contribution in [0.1, 0.15) is 32.8 Å². The number of anilines is 1.